The summed E-state index contributed by atoms with van der Waals surface area (Å²) in [5.74, 6) is -2.83. The summed E-state index contributed by atoms with van der Waals surface area (Å²) in [5, 5.41) is 70.5. The van der Waals surface area contributed by atoms with Gasteiger partial charge in [-0.1, -0.05) is 0 Å². The number of aliphatic hydroxyl groups excluding tert-OH is 3. The van der Waals surface area contributed by atoms with E-state index in [4.69, 9.17) is 18.6 Å². The third-order valence-electron chi connectivity index (χ3n) is 6.43. The lowest BCUT2D eigenvalue weighted by Gasteiger charge is -2.39. The van der Waals surface area contributed by atoms with Crippen molar-refractivity contribution in [1.29, 1.82) is 0 Å². The summed E-state index contributed by atoms with van der Waals surface area (Å²) in [4.78, 5) is 25.9. The second kappa shape index (κ2) is 11.0. The van der Waals surface area contributed by atoms with Gasteiger partial charge in [-0.25, -0.2) is 4.79 Å². The van der Waals surface area contributed by atoms with E-state index in [1.165, 1.54) is 48.5 Å². The molecular weight excluding hydrogens is 544 g/mol. The van der Waals surface area contributed by atoms with Crippen LogP contribution >= 0.6 is 0 Å². The Kier molecular flexibility index (Phi) is 7.43. The van der Waals surface area contributed by atoms with E-state index in [0.717, 1.165) is 12.1 Å². The molecule has 1 fully saturated rings. The molecule has 214 valence electrons. The lowest BCUT2D eigenvalue weighted by Crippen LogP contribution is -2.60. The third kappa shape index (κ3) is 5.47. The Balaban J connectivity index is 1.48. The number of rotatable bonds is 6. The number of aliphatic hydroxyl groups is 3. The van der Waals surface area contributed by atoms with Gasteiger partial charge >= 0.3 is 5.97 Å². The van der Waals surface area contributed by atoms with Gasteiger partial charge in [-0.05, 0) is 48.5 Å². The molecule has 5 rings (SSSR count). The van der Waals surface area contributed by atoms with Gasteiger partial charge in [0.1, 0.15) is 65.0 Å². The van der Waals surface area contributed by atoms with E-state index in [1.807, 2.05) is 0 Å². The number of phenols is 4. The first kappa shape index (κ1) is 27.7. The van der Waals surface area contributed by atoms with Crippen molar-refractivity contribution < 1.29 is 59.2 Å². The van der Waals surface area contributed by atoms with E-state index >= 15 is 0 Å². The van der Waals surface area contributed by atoms with E-state index in [0.29, 0.717) is 0 Å². The van der Waals surface area contributed by atoms with Gasteiger partial charge in [-0.3, -0.25) is 4.79 Å². The topological polar surface area (TPSA) is 217 Å². The first-order valence-corrected chi connectivity index (χ1v) is 12.2. The van der Waals surface area contributed by atoms with E-state index in [1.54, 1.807) is 0 Å². The zero-order chi connectivity index (χ0) is 29.4. The van der Waals surface area contributed by atoms with E-state index in [2.05, 4.69) is 0 Å². The fraction of sp³-hybridized carbons (Fsp3) is 0.214. The molecule has 0 amide bonds. The number of esters is 1. The van der Waals surface area contributed by atoms with E-state index < -0.39 is 66.0 Å². The van der Waals surface area contributed by atoms with Crippen LogP contribution in [0.5, 0.6) is 28.7 Å². The van der Waals surface area contributed by atoms with Crippen molar-refractivity contribution in [3.05, 3.63) is 76.5 Å². The Hall–Kier alpha value is -4.82. The summed E-state index contributed by atoms with van der Waals surface area (Å²) in [6.07, 6.45) is -8.71. The quantitative estimate of drug-likeness (QED) is 0.164. The Morgan fingerprint density at radius 3 is 2.10 bits per heavy atom. The molecule has 5 unspecified atom stereocenters. The van der Waals surface area contributed by atoms with Crippen molar-refractivity contribution in [2.75, 3.05) is 6.61 Å². The highest BCUT2D eigenvalue weighted by molar-refractivity contribution is 5.89. The Morgan fingerprint density at radius 1 is 0.805 bits per heavy atom. The molecule has 4 aromatic rings. The average Bonchev–Trinajstić information content (AvgIpc) is 2.94. The van der Waals surface area contributed by atoms with Gasteiger partial charge in [0.15, 0.2) is 5.76 Å². The molecule has 1 aromatic heterocycles. The predicted molar refractivity (Wildman–Crippen MR) is 139 cm³/mol. The average molecular weight is 568 g/mol. The number of hydrogen-bond acceptors (Lipinski definition) is 13. The van der Waals surface area contributed by atoms with Gasteiger partial charge in [-0.15, -0.1) is 0 Å². The summed E-state index contributed by atoms with van der Waals surface area (Å²) >= 11 is 0. The second-order valence-electron chi connectivity index (χ2n) is 9.25. The van der Waals surface area contributed by atoms with Crippen molar-refractivity contribution in [3.8, 4) is 40.1 Å². The number of benzene rings is 3. The SMILES string of the molecule is O=C(OCC1OC(Oc2c(-c3ccc(O)cc3)oc3cc(O)cc(O)c3c2=O)C(O)C(O)C1O)c1ccc(O)cc1. The van der Waals surface area contributed by atoms with Gasteiger partial charge in [0, 0.05) is 17.7 Å². The van der Waals surface area contributed by atoms with Gasteiger partial charge in [0.25, 0.3) is 0 Å². The first-order chi connectivity index (χ1) is 19.5. The van der Waals surface area contributed by atoms with Crippen LogP contribution in [0, 0.1) is 0 Å². The predicted octanol–water partition coefficient (Wildman–Crippen LogP) is 1.33. The number of phenolic OH excluding ortho intramolecular Hbond substituents is 4. The standard InChI is InChI=1S/C28H24O13/c29-14-5-1-12(2-6-14)25-26(22(34)20-17(32)9-16(31)10-18(20)39-25)41-28-24(36)23(35)21(33)19(40-28)11-38-27(37)13-3-7-15(30)8-4-13/h1-10,19,21,23-24,28-33,35-36H,11H2. The van der Waals surface area contributed by atoms with Crippen LogP contribution in [0.15, 0.2) is 69.9 Å². The third-order valence-corrected chi connectivity index (χ3v) is 6.43. The molecule has 0 spiro atoms. The highest BCUT2D eigenvalue weighted by atomic mass is 16.7. The summed E-state index contributed by atoms with van der Waals surface area (Å²) in [7, 11) is 0. The Morgan fingerprint density at radius 2 is 1.44 bits per heavy atom. The zero-order valence-electron chi connectivity index (χ0n) is 20.9. The summed E-state index contributed by atoms with van der Waals surface area (Å²) in [6, 6.07) is 12.5. The number of aromatic hydroxyl groups is 4. The van der Waals surface area contributed by atoms with Crippen LogP contribution < -0.4 is 10.2 Å². The number of fused-ring (bicyclic) bond motifs is 1. The van der Waals surface area contributed by atoms with Crippen LogP contribution in [0.4, 0.5) is 0 Å². The first-order valence-electron chi connectivity index (χ1n) is 12.2. The van der Waals surface area contributed by atoms with Gasteiger partial charge < -0.3 is 54.4 Å². The minimum atomic E-state index is -1.90. The fourth-order valence-electron chi connectivity index (χ4n) is 4.28. The Labute approximate surface area is 230 Å². The largest absolute Gasteiger partial charge is 0.508 e. The van der Waals surface area contributed by atoms with Gasteiger partial charge in [0.2, 0.25) is 17.5 Å². The number of hydrogen-bond donors (Lipinski definition) is 7. The van der Waals surface area contributed by atoms with Crippen molar-refractivity contribution in [2.24, 2.45) is 0 Å². The maximum atomic E-state index is 13.5. The van der Waals surface area contributed by atoms with Crippen LogP contribution in [-0.4, -0.2) is 79.0 Å². The van der Waals surface area contributed by atoms with Crippen molar-refractivity contribution in [2.45, 2.75) is 30.7 Å². The summed E-state index contributed by atoms with van der Waals surface area (Å²) in [6.45, 7) is -0.596. The molecule has 13 heteroatoms. The minimum absolute atomic E-state index is 0.0698. The molecule has 0 radical (unpaired) electrons. The molecule has 2 heterocycles. The lowest BCUT2D eigenvalue weighted by molar-refractivity contribution is -0.277. The molecule has 13 nitrogen and oxygen atoms in total. The maximum Gasteiger partial charge on any atom is 0.338 e. The number of carbonyl (C=O) groups excluding carboxylic acids is 1. The van der Waals surface area contributed by atoms with E-state index in [9.17, 15) is 45.3 Å². The van der Waals surface area contributed by atoms with Crippen molar-refractivity contribution >= 4 is 16.9 Å². The second-order valence-corrected chi connectivity index (χ2v) is 9.25. The van der Waals surface area contributed by atoms with Crippen LogP contribution in [0.3, 0.4) is 0 Å². The molecule has 0 bridgehead atoms. The van der Waals surface area contributed by atoms with Crippen LogP contribution in [0.2, 0.25) is 0 Å². The molecule has 0 aliphatic carbocycles. The molecule has 1 aliphatic rings. The number of ether oxygens (including phenoxy) is 3. The monoisotopic (exact) mass is 568 g/mol. The highest BCUT2D eigenvalue weighted by Gasteiger charge is 2.46. The highest BCUT2D eigenvalue weighted by Crippen LogP contribution is 2.37. The molecule has 5 atom stereocenters. The molecule has 41 heavy (non-hydrogen) atoms. The van der Waals surface area contributed by atoms with Gasteiger partial charge in [-0.2, -0.15) is 0 Å². The zero-order valence-corrected chi connectivity index (χ0v) is 20.9. The molecule has 1 aliphatic heterocycles. The molecular formula is C28H24O13. The van der Waals surface area contributed by atoms with E-state index in [-0.39, 0.29) is 39.4 Å². The van der Waals surface area contributed by atoms with Crippen LogP contribution in [-0.2, 0) is 9.47 Å². The Bertz CT molecular complexity index is 1630. The summed E-state index contributed by atoms with van der Waals surface area (Å²) in [5.41, 5.74) is -0.842. The number of carbonyl (C=O) groups is 1. The molecule has 7 N–H and O–H groups in total. The van der Waals surface area contributed by atoms with Gasteiger partial charge in [0.05, 0.1) is 5.56 Å². The summed E-state index contributed by atoms with van der Waals surface area (Å²) < 4.78 is 22.2. The normalized spacial score (nSPS) is 22.4. The molecule has 3 aromatic carbocycles. The maximum absolute atomic E-state index is 13.5. The smallest absolute Gasteiger partial charge is 0.338 e. The molecule has 1 saturated heterocycles. The minimum Gasteiger partial charge on any atom is -0.508 e. The van der Waals surface area contributed by atoms with Crippen LogP contribution in [0.1, 0.15) is 10.4 Å². The van der Waals surface area contributed by atoms with Crippen molar-refractivity contribution in [3.63, 3.8) is 0 Å². The molecule has 0 saturated carbocycles. The van der Waals surface area contributed by atoms with Crippen molar-refractivity contribution in [1.82, 2.24) is 0 Å². The van der Waals surface area contributed by atoms with Crippen LogP contribution in [0.25, 0.3) is 22.3 Å². The fourth-order valence-corrected chi connectivity index (χ4v) is 4.28. The lowest BCUT2D eigenvalue weighted by atomic mass is 9.99.